The molecular formula is C28H32N6O. The summed E-state index contributed by atoms with van der Waals surface area (Å²) >= 11 is 0. The van der Waals surface area contributed by atoms with Gasteiger partial charge in [0.05, 0.1) is 5.52 Å². The maximum Gasteiger partial charge on any atom is 0.253 e. The minimum atomic E-state index is 0.107. The molecule has 2 aromatic heterocycles. The van der Waals surface area contributed by atoms with Gasteiger partial charge in [0.25, 0.3) is 5.91 Å². The third-order valence-corrected chi connectivity index (χ3v) is 7.59. The third-order valence-electron chi connectivity index (χ3n) is 7.59. The van der Waals surface area contributed by atoms with Gasteiger partial charge in [0.15, 0.2) is 5.65 Å². The zero-order chi connectivity index (χ0) is 23.8. The molecule has 0 bridgehead atoms. The first-order chi connectivity index (χ1) is 17.2. The number of amides is 1. The lowest BCUT2D eigenvalue weighted by Crippen LogP contribution is -2.36. The van der Waals surface area contributed by atoms with Gasteiger partial charge in [0, 0.05) is 43.0 Å². The van der Waals surface area contributed by atoms with Crippen LogP contribution in [0.2, 0.25) is 0 Å². The van der Waals surface area contributed by atoms with Gasteiger partial charge in [-0.2, -0.15) is 0 Å². The van der Waals surface area contributed by atoms with Crippen molar-refractivity contribution in [1.29, 1.82) is 0 Å². The summed E-state index contributed by atoms with van der Waals surface area (Å²) in [5.41, 5.74) is 3.75. The Morgan fingerprint density at radius 3 is 2.49 bits per heavy atom. The van der Waals surface area contributed by atoms with E-state index < -0.39 is 0 Å². The lowest BCUT2D eigenvalue weighted by molar-refractivity contribution is 0.0767. The van der Waals surface area contributed by atoms with Gasteiger partial charge in [0.1, 0.15) is 5.82 Å². The van der Waals surface area contributed by atoms with Gasteiger partial charge >= 0.3 is 0 Å². The molecule has 0 radical (unpaired) electrons. The maximum absolute atomic E-state index is 13.2. The molecule has 7 nitrogen and oxygen atoms in total. The van der Waals surface area contributed by atoms with Gasteiger partial charge in [-0.1, -0.05) is 49.1 Å². The standard InChI is InChI=1S/C28H32N6O/c1-20-12-14-22(15-13-20)27(35)32-16-7-17-33(19-18-32)28-29-24-11-6-5-10-23(24)26-31-30-25(34(26)28)21-8-3-2-4-9-21/h5-6,10-15,21H,2-4,7-9,16-19H2,1H3. The summed E-state index contributed by atoms with van der Waals surface area (Å²) in [6.45, 7) is 5.05. The number of carbonyl (C=O) groups is 1. The summed E-state index contributed by atoms with van der Waals surface area (Å²) in [4.78, 5) is 22.6. The molecule has 6 rings (SSSR count). The molecule has 0 spiro atoms. The Bertz CT molecular complexity index is 1360. The number of benzene rings is 2. The van der Waals surface area contributed by atoms with Crippen molar-refractivity contribution >= 4 is 28.4 Å². The van der Waals surface area contributed by atoms with Crippen molar-refractivity contribution in [3.63, 3.8) is 0 Å². The van der Waals surface area contributed by atoms with E-state index in [0.29, 0.717) is 12.5 Å². The molecule has 0 N–H and O–H groups in total. The van der Waals surface area contributed by atoms with E-state index in [1.165, 1.54) is 19.3 Å². The van der Waals surface area contributed by atoms with E-state index in [-0.39, 0.29) is 5.91 Å². The molecular weight excluding hydrogens is 436 g/mol. The first-order valence-corrected chi connectivity index (χ1v) is 12.9. The topological polar surface area (TPSA) is 66.6 Å². The van der Waals surface area contributed by atoms with E-state index in [0.717, 1.165) is 78.3 Å². The maximum atomic E-state index is 13.2. The highest BCUT2D eigenvalue weighted by molar-refractivity contribution is 5.94. The van der Waals surface area contributed by atoms with Gasteiger partial charge in [-0.05, 0) is 50.5 Å². The summed E-state index contributed by atoms with van der Waals surface area (Å²) in [7, 11) is 0. The van der Waals surface area contributed by atoms with Crippen LogP contribution in [0.15, 0.2) is 48.5 Å². The minimum absolute atomic E-state index is 0.107. The number of carbonyl (C=O) groups excluding carboxylic acids is 1. The molecule has 2 fully saturated rings. The Hall–Kier alpha value is -3.48. The molecule has 7 heteroatoms. The van der Waals surface area contributed by atoms with Crippen molar-refractivity contribution in [2.75, 3.05) is 31.1 Å². The number of para-hydroxylation sites is 1. The Morgan fingerprint density at radius 1 is 0.857 bits per heavy atom. The predicted octanol–water partition coefficient (Wildman–Crippen LogP) is 4.99. The van der Waals surface area contributed by atoms with E-state index in [9.17, 15) is 4.79 Å². The number of hydrogen-bond donors (Lipinski definition) is 0. The van der Waals surface area contributed by atoms with Crippen molar-refractivity contribution in [3.05, 3.63) is 65.5 Å². The summed E-state index contributed by atoms with van der Waals surface area (Å²) in [6, 6.07) is 16.1. The van der Waals surface area contributed by atoms with E-state index in [1.54, 1.807) is 0 Å². The van der Waals surface area contributed by atoms with Crippen LogP contribution in [0.1, 0.15) is 66.2 Å². The van der Waals surface area contributed by atoms with Crippen LogP contribution < -0.4 is 4.90 Å². The van der Waals surface area contributed by atoms with Crippen molar-refractivity contribution in [2.24, 2.45) is 0 Å². The van der Waals surface area contributed by atoms with Crippen molar-refractivity contribution in [2.45, 2.75) is 51.4 Å². The first-order valence-electron chi connectivity index (χ1n) is 12.9. The summed E-state index contributed by atoms with van der Waals surface area (Å²) in [5, 5.41) is 10.4. The lowest BCUT2D eigenvalue weighted by atomic mass is 9.89. The van der Waals surface area contributed by atoms with Gasteiger partial charge in [-0.3, -0.25) is 4.79 Å². The van der Waals surface area contributed by atoms with Crippen molar-refractivity contribution < 1.29 is 4.79 Å². The molecule has 1 amide bonds. The zero-order valence-electron chi connectivity index (χ0n) is 20.4. The van der Waals surface area contributed by atoms with Crippen LogP contribution in [0, 0.1) is 6.92 Å². The number of rotatable bonds is 3. The molecule has 1 aliphatic carbocycles. The fourth-order valence-corrected chi connectivity index (χ4v) is 5.62. The van der Waals surface area contributed by atoms with E-state index >= 15 is 0 Å². The lowest BCUT2D eigenvalue weighted by Gasteiger charge is -2.26. The third kappa shape index (κ3) is 4.13. The Labute approximate surface area is 205 Å². The molecule has 2 aromatic carbocycles. The molecule has 3 heterocycles. The Morgan fingerprint density at radius 2 is 1.66 bits per heavy atom. The second-order valence-electron chi connectivity index (χ2n) is 9.98. The second-order valence-corrected chi connectivity index (χ2v) is 9.98. The average Bonchev–Trinajstić information content (AvgIpc) is 3.20. The molecule has 4 aromatic rings. The van der Waals surface area contributed by atoms with Gasteiger partial charge in [-0.15, -0.1) is 10.2 Å². The second kappa shape index (κ2) is 9.29. The van der Waals surface area contributed by atoms with Crippen LogP contribution in [-0.2, 0) is 0 Å². The smallest absolute Gasteiger partial charge is 0.253 e. The highest BCUT2D eigenvalue weighted by atomic mass is 16.2. The summed E-state index contributed by atoms with van der Waals surface area (Å²) < 4.78 is 2.22. The molecule has 35 heavy (non-hydrogen) atoms. The van der Waals surface area contributed by atoms with E-state index in [1.807, 2.05) is 48.2 Å². The molecule has 2 aliphatic rings. The van der Waals surface area contributed by atoms with Crippen molar-refractivity contribution in [1.82, 2.24) is 24.5 Å². The van der Waals surface area contributed by atoms with Crippen molar-refractivity contribution in [3.8, 4) is 0 Å². The van der Waals surface area contributed by atoms with Gasteiger partial charge in [0.2, 0.25) is 5.95 Å². The first kappa shape index (κ1) is 22.0. The largest absolute Gasteiger partial charge is 0.340 e. The summed E-state index contributed by atoms with van der Waals surface area (Å²) in [5.74, 6) is 2.49. The highest BCUT2D eigenvalue weighted by Gasteiger charge is 2.27. The van der Waals surface area contributed by atoms with E-state index in [4.69, 9.17) is 10.1 Å². The zero-order valence-corrected chi connectivity index (χ0v) is 20.4. The Balaban J connectivity index is 1.35. The summed E-state index contributed by atoms with van der Waals surface area (Å²) in [6.07, 6.45) is 7.01. The molecule has 1 saturated carbocycles. The quantitative estimate of drug-likeness (QED) is 0.424. The SMILES string of the molecule is Cc1ccc(C(=O)N2CCCN(c3nc4ccccc4c4nnc(C5CCCCC5)n34)CC2)cc1. The average molecular weight is 469 g/mol. The number of nitrogens with zero attached hydrogens (tertiary/aromatic N) is 6. The molecule has 0 atom stereocenters. The molecule has 180 valence electrons. The normalized spacial score (nSPS) is 17.7. The number of aromatic nitrogens is 4. The van der Waals surface area contributed by atoms with Crippen LogP contribution in [0.5, 0.6) is 0 Å². The van der Waals surface area contributed by atoms with Gasteiger partial charge in [-0.25, -0.2) is 9.38 Å². The molecule has 0 unspecified atom stereocenters. The minimum Gasteiger partial charge on any atom is -0.340 e. The fourth-order valence-electron chi connectivity index (χ4n) is 5.62. The van der Waals surface area contributed by atoms with Crippen LogP contribution in [0.3, 0.4) is 0 Å². The van der Waals surface area contributed by atoms with Crippen LogP contribution in [-0.4, -0.2) is 56.6 Å². The number of hydrogen-bond acceptors (Lipinski definition) is 5. The monoisotopic (exact) mass is 468 g/mol. The van der Waals surface area contributed by atoms with Gasteiger partial charge < -0.3 is 9.80 Å². The molecule has 1 saturated heterocycles. The van der Waals surface area contributed by atoms with Crippen LogP contribution in [0.4, 0.5) is 5.95 Å². The number of fused-ring (bicyclic) bond motifs is 3. The Kier molecular flexibility index (Phi) is 5.84. The number of anilines is 1. The number of aryl methyl sites for hydroxylation is 1. The fraction of sp³-hybridized carbons (Fsp3) is 0.429. The molecule has 1 aliphatic heterocycles. The van der Waals surface area contributed by atoms with Crippen LogP contribution in [0.25, 0.3) is 16.6 Å². The van der Waals surface area contributed by atoms with E-state index in [2.05, 4.69) is 26.5 Å². The van der Waals surface area contributed by atoms with Crippen LogP contribution >= 0.6 is 0 Å². The highest BCUT2D eigenvalue weighted by Crippen LogP contribution is 2.34. The predicted molar refractivity (Wildman–Crippen MR) is 138 cm³/mol.